The van der Waals surface area contributed by atoms with Crippen LogP contribution in [0, 0.1) is 5.82 Å². The van der Waals surface area contributed by atoms with Gasteiger partial charge >= 0.3 is 12.2 Å². The summed E-state index contributed by atoms with van der Waals surface area (Å²) < 4.78 is 61.1. The first kappa shape index (κ1) is 17.7. The molecule has 0 fully saturated rings. The van der Waals surface area contributed by atoms with Crippen molar-refractivity contribution in [2.45, 2.75) is 19.3 Å². The summed E-state index contributed by atoms with van der Waals surface area (Å²) in [5.74, 6) is -1.25. The number of rotatable bonds is 5. The van der Waals surface area contributed by atoms with Crippen molar-refractivity contribution in [1.29, 1.82) is 0 Å². The van der Waals surface area contributed by atoms with Crippen molar-refractivity contribution >= 4 is 11.7 Å². The Bertz CT molecular complexity index is 717. The average Bonchev–Trinajstić information content (AvgIpc) is 2.94. The fourth-order valence-corrected chi connectivity index (χ4v) is 1.72. The Morgan fingerprint density at radius 2 is 2.12 bits per heavy atom. The number of methoxy groups -OCH3 is 1. The zero-order valence-corrected chi connectivity index (χ0v) is 12.3. The lowest BCUT2D eigenvalue weighted by atomic mass is 10.2. The monoisotopic (exact) mass is 348 g/mol. The number of halogens is 4. The minimum Gasteiger partial charge on any atom is -0.377 e. The van der Waals surface area contributed by atoms with Gasteiger partial charge in [0, 0.05) is 7.11 Å². The Morgan fingerprint density at radius 1 is 1.38 bits per heavy atom. The molecule has 1 aromatic carbocycles. The van der Waals surface area contributed by atoms with E-state index in [-0.39, 0.29) is 24.9 Å². The molecular weight excluding hydrogens is 336 g/mol. The third kappa shape index (κ3) is 4.41. The number of alkyl halides is 3. The predicted molar refractivity (Wildman–Crippen MR) is 72.3 cm³/mol. The zero-order chi connectivity index (χ0) is 17.7. The molecule has 11 heteroatoms. The van der Waals surface area contributed by atoms with Crippen LogP contribution in [0.2, 0.25) is 0 Å². The molecule has 0 unspecified atom stereocenters. The van der Waals surface area contributed by atoms with E-state index in [0.717, 1.165) is 12.1 Å². The predicted octanol–water partition coefficient (Wildman–Crippen LogP) is 2.70. The van der Waals surface area contributed by atoms with Crippen LogP contribution in [-0.2, 0) is 24.1 Å². The number of aromatic nitrogens is 2. The van der Waals surface area contributed by atoms with Crippen LogP contribution in [0.1, 0.15) is 17.3 Å². The van der Waals surface area contributed by atoms with Gasteiger partial charge in [-0.2, -0.15) is 18.2 Å². The van der Waals surface area contributed by atoms with Crippen LogP contribution in [0.25, 0.3) is 0 Å². The topological polar surface area (TPSA) is 89.3 Å². The second-order valence-corrected chi connectivity index (χ2v) is 4.51. The van der Waals surface area contributed by atoms with E-state index in [2.05, 4.69) is 15.5 Å². The lowest BCUT2D eigenvalue weighted by Gasteiger charge is -2.12. The highest BCUT2D eigenvalue weighted by molar-refractivity contribution is 5.89. The van der Waals surface area contributed by atoms with E-state index in [1.165, 1.54) is 7.11 Å². The van der Waals surface area contributed by atoms with E-state index >= 15 is 0 Å². The van der Waals surface area contributed by atoms with Crippen molar-refractivity contribution in [3.05, 3.63) is 41.3 Å². The van der Waals surface area contributed by atoms with Crippen molar-refractivity contribution < 1.29 is 31.6 Å². The van der Waals surface area contributed by atoms with Gasteiger partial charge in [-0.15, -0.1) is 0 Å². The number of carbonyl (C=O) groups is 1. The van der Waals surface area contributed by atoms with Crippen LogP contribution in [-0.4, -0.2) is 23.3 Å². The molecule has 2 aromatic rings. The van der Waals surface area contributed by atoms with Crippen LogP contribution in [0.3, 0.4) is 0 Å². The molecule has 0 radical (unpaired) electrons. The molecule has 0 aliphatic heterocycles. The van der Waals surface area contributed by atoms with Crippen LogP contribution >= 0.6 is 0 Å². The first-order valence-electron chi connectivity index (χ1n) is 6.52. The molecule has 24 heavy (non-hydrogen) atoms. The van der Waals surface area contributed by atoms with E-state index < -0.39 is 29.3 Å². The van der Waals surface area contributed by atoms with Crippen LogP contribution in [0.5, 0.6) is 0 Å². The summed E-state index contributed by atoms with van der Waals surface area (Å²) in [4.78, 5) is 15.5. The first-order chi connectivity index (χ1) is 11.3. The molecule has 1 heterocycles. The van der Waals surface area contributed by atoms with Crippen LogP contribution in [0.15, 0.2) is 22.7 Å². The molecule has 130 valence electrons. The molecule has 2 rings (SSSR count). The number of anilines is 1. The third-order valence-corrected chi connectivity index (χ3v) is 2.74. The normalized spacial score (nSPS) is 11.4. The van der Waals surface area contributed by atoms with Gasteiger partial charge < -0.3 is 19.9 Å². The molecule has 0 spiro atoms. The van der Waals surface area contributed by atoms with Gasteiger partial charge in [-0.25, -0.2) is 9.18 Å². The Kier molecular flexibility index (Phi) is 5.34. The van der Waals surface area contributed by atoms with E-state index in [9.17, 15) is 22.4 Å². The van der Waals surface area contributed by atoms with E-state index in [1.54, 1.807) is 0 Å². The number of nitrogens with one attached hydrogen (secondary N) is 2. The van der Waals surface area contributed by atoms with Crippen LogP contribution in [0.4, 0.5) is 28.0 Å². The van der Waals surface area contributed by atoms with Crippen molar-refractivity contribution in [3.63, 3.8) is 0 Å². The number of ether oxygens (including phenoxy) is 1. The maximum atomic E-state index is 13.8. The van der Waals surface area contributed by atoms with E-state index in [0.29, 0.717) is 6.07 Å². The zero-order valence-electron chi connectivity index (χ0n) is 12.3. The standard InChI is InChI=1S/C13H12F4N4O3/c1-23-6-9-20-10(24-21-9)5-18-12(22)19-8-4-2-3-7(11(8)14)13(15,16)17/h2-4H,5-6H2,1H3,(H2,18,19,22). The Balaban J connectivity index is 1.97. The lowest BCUT2D eigenvalue weighted by molar-refractivity contribution is -0.139. The lowest BCUT2D eigenvalue weighted by Crippen LogP contribution is -2.29. The molecular formula is C13H12F4N4O3. The number of urea groups is 1. The van der Waals surface area contributed by atoms with Gasteiger partial charge in [0.1, 0.15) is 6.61 Å². The Hall–Kier alpha value is -2.69. The van der Waals surface area contributed by atoms with Gasteiger partial charge in [0.15, 0.2) is 11.6 Å². The summed E-state index contributed by atoms with van der Waals surface area (Å²) in [5.41, 5.74) is -2.07. The summed E-state index contributed by atoms with van der Waals surface area (Å²) in [6.07, 6.45) is -4.86. The molecule has 0 saturated heterocycles. The summed E-state index contributed by atoms with van der Waals surface area (Å²) in [6.45, 7) is -0.0751. The molecule has 1 aromatic heterocycles. The number of carbonyl (C=O) groups excluding carboxylic acids is 1. The number of nitrogens with zero attached hydrogens (tertiary/aromatic N) is 2. The summed E-state index contributed by atoms with van der Waals surface area (Å²) in [6, 6.07) is 1.64. The van der Waals surface area contributed by atoms with Gasteiger partial charge in [0.2, 0.25) is 5.89 Å². The highest BCUT2D eigenvalue weighted by Crippen LogP contribution is 2.33. The van der Waals surface area contributed by atoms with Crippen molar-refractivity contribution in [3.8, 4) is 0 Å². The minimum atomic E-state index is -4.86. The maximum absolute atomic E-state index is 13.8. The SMILES string of the molecule is COCc1noc(CNC(=O)Nc2cccc(C(F)(F)F)c2F)n1. The number of amides is 2. The fourth-order valence-electron chi connectivity index (χ4n) is 1.72. The number of benzene rings is 1. The average molecular weight is 348 g/mol. The van der Waals surface area contributed by atoms with Gasteiger partial charge in [-0.3, -0.25) is 0 Å². The first-order valence-corrected chi connectivity index (χ1v) is 6.52. The molecule has 2 amide bonds. The van der Waals surface area contributed by atoms with Crippen LogP contribution < -0.4 is 10.6 Å². The number of hydrogen-bond donors (Lipinski definition) is 2. The largest absolute Gasteiger partial charge is 0.419 e. The Morgan fingerprint density at radius 3 is 2.79 bits per heavy atom. The van der Waals surface area contributed by atoms with Gasteiger partial charge in [-0.1, -0.05) is 11.2 Å². The van der Waals surface area contributed by atoms with Crippen molar-refractivity contribution in [2.24, 2.45) is 0 Å². The van der Waals surface area contributed by atoms with Crippen molar-refractivity contribution in [1.82, 2.24) is 15.5 Å². The molecule has 0 bridgehead atoms. The molecule has 0 saturated carbocycles. The Labute approximate surface area is 133 Å². The molecule has 0 aliphatic rings. The second-order valence-electron chi connectivity index (χ2n) is 4.51. The molecule has 2 N–H and O–H groups in total. The van der Waals surface area contributed by atoms with Gasteiger partial charge in [-0.05, 0) is 12.1 Å². The van der Waals surface area contributed by atoms with Crippen molar-refractivity contribution in [2.75, 3.05) is 12.4 Å². The molecule has 7 nitrogen and oxygen atoms in total. The third-order valence-electron chi connectivity index (χ3n) is 2.74. The van der Waals surface area contributed by atoms with Gasteiger partial charge in [0.05, 0.1) is 17.8 Å². The quantitative estimate of drug-likeness (QED) is 0.811. The van der Waals surface area contributed by atoms with Gasteiger partial charge in [0.25, 0.3) is 0 Å². The highest BCUT2D eigenvalue weighted by Gasteiger charge is 2.35. The summed E-state index contributed by atoms with van der Waals surface area (Å²) >= 11 is 0. The maximum Gasteiger partial charge on any atom is 0.419 e. The van der Waals surface area contributed by atoms with E-state index in [1.807, 2.05) is 5.32 Å². The molecule has 0 aliphatic carbocycles. The summed E-state index contributed by atoms with van der Waals surface area (Å²) in [7, 11) is 1.44. The number of hydrogen-bond acceptors (Lipinski definition) is 5. The fraction of sp³-hybridized carbons (Fsp3) is 0.308. The smallest absolute Gasteiger partial charge is 0.377 e. The molecule has 0 atom stereocenters. The van der Waals surface area contributed by atoms with E-state index in [4.69, 9.17) is 9.26 Å². The summed E-state index contributed by atoms with van der Waals surface area (Å²) in [5, 5.41) is 7.79. The highest BCUT2D eigenvalue weighted by atomic mass is 19.4. The second kappa shape index (κ2) is 7.25. The minimum absolute atomic E-state index is 0.0571.